The number of benzene rings is 3. The first-order chi connectivity index (χ1) is 14.9. The molecule has 0 saturated carbocycles. The maximum Gasteiger partial charge on any atom is 0.335 e. The van der Waals surface area contributed by atoms with E-state index < -0.39 is 18.4 Å². The van der Waals surface area contributed by atoms with Gasteiger partial charge in [0.15, 0.2) is 0 Å². The molecule has 0 heterocycles. The number of hydrogen-bond acceptors (Lipinski definition) is 4. The molecule has 0 aliphatic rings. The molecule has 3 aromatic carbocycles. The standard InChI is InChI=1S/C25H18F2O4/c1-3-23(28)30-19-10-5-16(6-11-19)18-9-14-21(22(15-18)25(26)27)17-7-12-20(13-8-17)31-24(29)4-2/h3-15,25H,1-2H2. The van der Waals surface area contributed by atoms with Crippen molar-refractivity contribution in [2.75, 3.05) is 0 Å². The Labute approximate surface area is 178 Å². The molecule has 0 bridgehead atoms. The Morgan fingerprint density at radius 1 is 0.710 bits per heavy atom. The lowest BCUT2D eigenvalue weighted by molar-refractivity contribution is -0.129. The molecule has 4 nitrogen and oxygen atoms in total. The Bertz CT molecular complexity index is 1120. The second-order valence-corrected chi connectivity index (χ2v) is 6.40. The molecule has 0 aliphatic carbocycles. The van der Waals surface area contributed by atoms with Gasteiger partial charge in [-0.05, 0) is 52.6 Å². The molecule has 156 valence electrons. The Hall–Kier alpha value is -4.06. The van der Waals surface area contributed by atoms with Gasteiger partial charge in [-0.1, -0.05) is 49.6 Å². The average molecular weight is 420 g/mol. The molecule has 0 radical (unpaired) electrons. The number of carbonyl (C=O) groups excluding carboxylic acids is 2. The summed E-state index contributed by atoms with van der Waals surface area (Å²) in [5, 5.41) is 0. The van der Waals surface area contributed by atoms with Crippen LogP contribution in [0.3, 0.4) is 0 Å². The van der Waals surface area contributed by atoms with E-state index in [9.17, 15) is 18.4 Å². The van der Waals surface area contributed by atoms with Crippen molar-refractivity contribution < 1.29 is 27.8 Å². The minimum atomic E-state index is -2.69. The normalized spacial score (nSPS) is 10.4. The van der Waals surface area contributed by atoms with Gasteiger partial charge >= 0.3 is 11.9 Å². The minimum Gasteiger partial charge on any atom is -0.423 e. The smallest absolute Gasteiger partial charge is 0.335 e. The molecule has 6 heteroatoms. The summed E-state index contributed by atoms with van der Waals surface area (Å²) in [6.45, 7) is 6.65. The highest BCUT2D eigenvalue weighted by molar-refractivity contribution is 5.84. The summed E-state index contributed by atoms with van der Waals surface area (Å²) < 4.78 is 37.6. The highest BCUT2D eigenvalue weighted by Gasteiger charge is 2.16. The molecular formula is C25H18F2O4. The Kier molecular flexibility index (Phi) is 6.72. The van der Waals surface area contributed by atoms with Gasteiger partial charge in [0.25, 0.3) is 6.43 Å². The van der Waals surface area contributed by atoms with Gasteiger partial charge in [0, 0.05) is 17.7 Å². The first-order valence-electron chi connectivity index (χ1n) is 9.22. The van der Waals surface area contributed by atoms with Crippen LogP contribution in [0.15, 0.2) is 92.0 Å². The fourth-order valence-corrected chi connectivity index (χ4v) is 2.92. The summed E-state index contributed by atoms with van der Waals surface area (Å²) in [6.07, 6.45) is -0.601. The third-order valence-electron chi connectivity index (χ3n) is 4.41. The fraction of sp³-hybridized carbons (Fsp3) is 0.0400. The van der Waals surface area contributed by atoms with Crippen molar-refractivity contribution in [2.24, 2.45) is 0 Å². The van der Waals surface area contributed by atoms with E-state index in [1.54, 1.807) is 48.5 Å². The van der Waals surface area contributed by atoms with Crippen molar-refractivity contribution in [3.63, 3.8) is 0 Å². The second-order valence-electron chi connectivity index (χ2n) is 6.40. The van der Waals surface area contributed by atoms with E-state index in [0.29, 0.717) is 33.8 Å². The lowest BCUT2D eigenvalue weighted by atomic mass is 9.95. The summed E-state index contributed by atoms with van der Waals surface area (Å²) in [6, 6.07) is 17.6. The largest absolute Gasteiger partial charge is 0.423 e. The first kappa shape index (κ1) is 21.6. The number of rotatable bonds is 7. The van der Waals surface area contributed by atoms with Crippen molar-refractivity contribution in [3.8, 4) is 33.8 Å². The highest BCUT2D eigenvalue weighted by Crippen LogP contribution is 2.35. The number of esters is 2. The number of alkyl halides is 2. The first-order valence-corrected chi connectivity index (χ1v) is 9.22. The van der Waals surface area contributed by atoms with Gasteiger partial charge in [-0.15, -0.1) is 0 Å². The molecule has 0 amide bonds. The predicted octanol–water partition coefficient (Wildman–Crippen LogP) is 6.14. The Morgan fingerprint density at radius 3 is 1.61 bits per heavy atom. The summed E-state index contributed by atoms with van der Waals surface area (Å²) in [7, 11) is 0. The van der Waals surface area contributed by atoms with Crippen molar-refractivity contribution in [1.29, 1.82) is 0 Å². The van der Waals surface area contributed by atoms with Crippen LogP contribution < -0.4 is 9.47 Å². The van der Waals surface area contributed by atoms with E-state index in [-0.39, 0.29) is 5.56 Å². The van der Waals surface area contributed by atoms with E-state index in [0.717, 1.165) is 12.2 Å². The molecule has 0 spiro atoms. The monoisotopic (exact) mass is 420 g/mol. The average Bonchev–Trinajstić information content (AvgIpc) is 2.79. The molecular weight excluding hydrogens is 402 g/mol. The van der Waals surface area contributed by atoms with Crippen molar-refractivity contribution in [2.45, 2.75) is 6.43 Å². The van der Waals surface area contributed by atoms with Crippen LogP contribution in [-0.2, 0) is 9.59 Å². The SMILES string of the molecule is C=CC(=O)Oc1ccc(-c2ccc(-c3ccc(OC(=O)C=C)cc3)c(C(F)F)c2)cc1. The highest BCUT2D eigenvalue weighted by atomic mass is 19.3. The van der Waals surface area contributed by atoms with Crippen LogP contribution in [0.25, 0.3) is 22.3 Å². The molecule has 0 unspecified atom stereocenters. The van der Waals surface area contributed by atoms with E-state index >= 15 is 0 Å². The van der Waals surface area contributed by atoms with Crippen LogP contribution in [0.4, 0.5) is 8.78 Å². The molecule has 0 fully saturated rings. The van der Waals surface area contributed by atoms with Crippen molar-refractivity contribution >= 4 is 11.9 Å². The summed E-state index contributed by atoms with van der Waals surface area (Å²) in [4.78, 5) is 22.5. The molecule has 0 atom stereocenters. The summed E-state index contributed by atoms with van der Waals surface area (Å²) in [5.74, 6) is -0.560. The van der Waals surface area contributed by atoms with Gasteiger partial charge in [0.1, 0.15) is 11.5 Å². The lowest BCUT2D eigenvalue weighted by Gasteiger charge is -2.13. The van der Waals surface area contributed by atoms with Crippen LogP contribution in [0.2, 0.25) is 0 Å². The summed E-state index contributed by atoms with van der Waals surface area (Å²) >= 11 is 0. The van der Waals surface area contributed by atoms with E-state index in [2.05, 4.69) is 13.2 Å². The van der Waals surface area contributed by atoms with Crippen molar-refractivity contribution in [1.82, 2.24) is 0 Å². The van der Waals surface area contributed by atoms with Gasteiger partial charge in [-0.25, -0.2) is 18.4 Å². The molecule has 3 aromatic rings. The van der Waals surface area contributed by atoms with E-state index in [4.69, 9.17) is 9.47 Å². The van der Waals surface area contributed by atoms with Gasteiger partial charge in [0.2, 0.25) is 0 Å². The zero-order valence-electron chi connectivity index (χ0n) is 16.4. The van der Waals surface area contributed by atoms with E-state index in [1.807, 2.05) is 0 Å². The number of hydrogen-bond donors (Lipinski definition) is 0. The number of halogens is 2. The second kappa shape index (κ2) is 9.63. The molecule has 0 saturated heterocycles. The Morgan fingerprint density at radius 2 is 1.16 bits per heavy atom. The summed E-state index contributed by atoms with van der Waals surface area (Å²) in [5.41, 5.74) is 2.09. The topological polar surface area (TPSA) is 52.6 Å². The van der Waals surface area contributed by atoms with Gasteiger partial charge < -0.3 is 9.47 Å². The van der Waals surface area contributed by atoms with Crippen LogP contribution >= 0.6 is 0 Å². The molecule has 0 aromatic heterocycles. The maximum absolute atomic E-state index is 13.8. The van der Waals surface area contributed by atoms with Crippen LogP contribution in [0, 0.1) is 0 Å². The third kappa shape index (κ3) is 5.30. The Balaban J connectivity index is 1.89. The zero-order valence-corrected chi connectivity index (χ0v) is 16.4. The lowest BCUT2D eigenvalue weighted by Crippen LogP contribution is -2.02. The molecule has 0 aliphatic heterocycles. The van der Waals surface area contributed by atoms with E-state index in [1.165, 1.54) is 18.2 Å². The maximum atomic E-state index is 13.8. The molecule has 0 N–H and O–H groups in total. The van der Waals surface area contributed by atoms with Crippen LogP contribution in [0.5, 0.6) is 11.5 Å². The van der Waals surface area contributed by atoms with Crippen molar-refractivity contribution in [3.05, 3.63) is 97.6 Å². The predicted molar refractivity (Wildman–Crippen MR) is 114 cm³/mol. The van der Waals surface area contributed by atoms with Gasteiger partial charge in [0.05, 0.1) is 0 Å². The minimum absolute atomic E-state index is 0.129. The van der Waals surface area contributed by atoms with Crippen LogP contribution in [0.1, 0.15) is 12.0 Å². The zero-order chi connectivity index (χ0) is 22.4. The van der Waals surface area contributed by atoms with Gasteiger partial charge in [-0.2, -0.15) is 0 Å². The van der Waals surface area contributed by atoms with Crippen LogP contribution in [-0.4, -0.2) is 11.9 Å². The van der Waals surface area contributed by atoms with Gasteiger partial charge in [-0.3, -0.25) is 0 Å². The third-order valence-corrected chi connectivity index (χ3v) is 4.41. The molecule has 3 rings (SSSR count). The number of ether oxygens (including phenoxy) is 2. The number of carbonyl (C=O) groups is 2. The molecule has 31 heavy (non-hydrogen) atoms. The quantitative estimate of drug-likeness (QED) is 0.262. The fourth-order valence-electron chi connectivity index (χ4n) is 2.92.